The molecular formula is C10H13FN2O6P+. The third-order valence-corrected chi connectivity index (χ3v) is 3.37. The lowest BCUT2D eigenvalue weighted by atomic mass is 10.2. The number of H-pyrrole nitrogens is 1. The predicted octanol–water partition coefficient (Wildman–Crippen LogP) is -0.287. The van der Waals surface area contributed by atoms with Gasteiger partial charge in [0, 0.05) is 6.42 Å². The molecule has 1 aliphatic heterocycles. The summed E-state index contributed by atoms with van der Waals surface area (Å²) in [7, 11) is -1.84. The molecule has 10 heteroatoms. The van der Waals surface area contributed by atoms with Crippen LogP contribution in [0, 0.1) is 5.82 Å². The maximum absolute atomic E-state index is 13.2. The van der Waals surface area contributed by atoms with Crippen LogP contribution in [0.3, 0.4) is 0 Å². The number of aromatic amines is 1. The number of rotatable bonds is 4. The fourth-order valence-electron chi connectivity index (χ4n) is 1.89. The van der Waals surface area contributed by atoms with Crippen molar-refractivity contribution in [3.8, 4) is 0 Å². The molecule has 20 heavy (non-hydrogen) atoms. The van der Waals surface area contributed by atoms with Gasteiger partial charge < -0.3 is 9.84 Å². The van der Waals surface area contributed by atoms with Crippen molar-refractivity contribution in [3.05, 3.63) is 32.9 Å². The molecule has 1 aromatic rings. The minimum Gasteiger partial charge on any atom is -0.390 e. The number of hydrogen-bond donors (Lipinski definition) is 2. The number of aliphatic hydroxyl groups is 1. The Morgan fingerprint density at radius 1 is 1.65 bits per heavy atom. The van der Waals surface area contributed by atoms with E-state index in [1.807, 2.05) is 0 Å². The van der Waals surface area contributed by atoms with E-state index in [2.05, 4.69) is 0 Å². The second-order valence-electron chi connectivity index (χ2n) is 4.31. The van der Waals surface area contributed by atoms with Crippen LogP contribution < -0.4 is 11.2 Å². The standard InChI is InChI=1S/C10H12FN2O6P/c1-20(17)18-4-7-6(14)2-8(19-7)13-3-5(11)9(15)12-10(13)16/h3,6-8,14H,2,4H2,1H3/p+1/t6-,7?,8-/m1/s1. The minimum absolute atomic E-state index is 0.0277. The first kappa shape index (κ1) is 15.0. The summed E-state index contributed by atoms with van der Waals surface area (Å²) in [6.07, 6.45) is -1.90. The van der Waals surface area contributed by atoms with Gasteiger partial charge in [0.05, 0.1) is 12.3 Å². The first-order valence-electron chi connectivity index (χ1n) is 5.76. The summed E-state index contributed by atoms with van der Waals surface area (Å²) in [6, 6.07) is 0. The van der Waals surface area contributed by atoms with Crippen molar-refractivity contribution in [1.29, 1.82) is 0 Å². The van der Waals surface area contributed by atoms with Crippen molar-refractivity contribution < 1.29 is 23.3 Å². The fourth-order valence-corrected chi connectivity index (χ4v) is 2.25. The molecule has 4 atom stereocenters. The van der Waals surface area contributed by atoms with Gasteiger partial charge in [-0.25, -0.2) is 4.79 Å². The Morgan fingerprint density at radius 3 is 3.00 bits per heavy atom. The summed E-state index contributed by atoms with van der Waals surface area (Å²) in [4.78, 5) is 24.3. The van der Waals surface area contributed by atoms with Crippen molar-refractivity contribution in [2.24, 2.45) is 0 Å². The first-order valence-corrected chi connectivity index (χ1v) is 7.39. The summed E-state index contributed by atoms with van der Waals surface area (Å²) in [5, 5.41) is 9.77. The van der Waals surface area contributed by atoms with Gasteiger partial charge in [-0.3, -0.25) is 14.3 Å². The highest BCUT2D eigenvalue weighted by molar-refractivity contribution is 7.38. The Bertz CT molecular complexity index is 629. The second kappa shape index (κ2) is 5.92. The van der Waals surface area contributed by atoms with Crippen LogP contribution in [-0.2, 0) is 13.8 Å². The van der Waals surface area contributed by atoms with E-state index in [-0.39, 0.29) is 13.0 Å². The fraction of sp³-hybridized carbons (Fsp3) is 0.600. The molecule has 2 heterocycles. The molecule has 2 rings (SSSR count). The third kappa shape index (κ3) is 3.18. The lowest BCUT2D eigenvalue weighted by molar-refractivity contribution is -0.0400. The van der Waals surface area contributed by atoms with Crippen LogP contribution in [0.5, 0.6) is 0 Å². The van der Waals surface area contributed by atoms with Crippen molar-refractivity contribution in [1.82, 2.24) is 9.55 Å². The summed E-state index contributed by atoms with van der Waals surface area (Å²) >= 11 is 0. The quantitative estimate of drug-likeness (QED) is 0.740. The van der Waals surface area contributed by atoms with E-state index < -0.39 is 43.5 Å². The molecule has 8 nitrogen and oxygen atoms in total. The van der Waals surface area contributed by atoms with Gasteiger partial charge in [-0.05, 0) is 4.57 Å². The highest BCUT2D eigenvalue weighted by Crippen LogP contribution is 2.29. The summed E-state index contributed by atoms with van der Waals surface area (Å²) in [5.41, 5.74) is -1.95. The number of nitrogens with zero attached hydrogens (tertiary/aromatic N) is 1. The zero-order chi connectivity index (χ0) is 14.9. The SMILES string of the molecule is C[P+](=O)OCC1O[C@@H](n2cc(F)c(=O)[nH]c2=O)C[C@H]1O. The van der Waals surface area contributed by atoms with Crippen molar-refractivity contribution in [2.45, 2.75) is 24.9 Å². The molecule has 0 aromatic carbocycles. The number of aromatic nitrogens is 2. The number of aliphatic hydroxyl groups excluding tert-OH is 1. The van der Waals surface area contributed by atoms with Crippen LogP contribution in [0.1, 0.15) is 12.6 Å². The molecule has 110 valence electrons. The van der Waals surface area contributed by atoms with Crippen LogP contribution in [-0.4, -0.2) is 40.1 Å². The van der Waals surface area contributed by atoms with E-state index in [0.717, 1.165) is 10.8 Å². The van der Waals surface area contributed by atoms with E-state index in [9.17, 15) is 23.7 Å². The van der Waals surface area contributed by atoms with Gasteiger partial charge in [0.2, 0.25) is 5.82 Å². The maximum Gasteiger partial charge on any atom is 0.504 e. The van der Waals surface area contributed by atoms with Gasteiger partial charge in [0.25, 0.3) is 5.56 Å². The Kier molecular flexibility index (Phi) is 4.44. The van der Waals surface area contributed by atoms with E-state index in [1.54, 1.807) is 4.98 Å². The molecule has 2 N–H and O–H groups in total. The van der Waals surface area contributed by atoms with Crippen LogP contribution >= 0.6 is 8.03 Å². The lowest BCUT2D eigenvalue weighted by Gasteiger charge is -2.14. The van der Waals surface area contributed by atoms with Gasteiger partial charge in [-0.1, -0.05) is 0 Å². The second-order valence-corrected chi connectivity index (χ2v) is 5.45. The third-order valence-electron chi connectivity index (χ3n) is 2.86. The zero-order valence-corrected chi connectivity index (χ0v) is 11.4. The van der Waals surface area contributed by atoms with Gasteiger partial charge in [-0.15, -0.1) is 4.52 Å². The summed E-state index contributed by atoms with van der Waals surface area (Å²) in [5.74, 6) is -1.13. The van der Waals surface area contributed by atoms with Gasteiger partial charge >= 0.3 is 13.7 Å². The highest BCUT2D eigenvalue weighted by Gasteiger charge is 2.37. The van der Waals surface area contributed by atoms with E-state index >= 15 is 0 Å². The van der Waals surface area contributed by atoms with E-state index in [0.29, 0.717) is 0 Å². The summed E-state index contributed by atoms with van der Waals surface area (Å²) in [6.45, 7) is 1.25. The molecule has 0 amide bonds. The molecule has 1 saturated heterocycles. The number of ether oxygens (including phenoxy) is 1. The molecule has 0 bridgehead atoms. The molecule has 1 fully saturated rings. The Morgan fingerprint density at radius 2 is 2.35 bits per heavy atom. The molecule has 1 aromatic heterocycles. The van der Waals surface area contributed by atoms with Crippen LogP contribution in [0.4, 0.5) is 4.39 Å². The molecular weight excluding hydrogens is 294 g/mol. The van der Waals surface area contributed by atoms with Crippen LogP contribution in [0.2, 0.25) is 0 Å². The van der Waals surface area contributed by atoms with Crippen molar-refractivity contribution in [3.63, 3.8) is 0 Å². The lowest BCUT2D eigenvalue weighted by Crippen LogP contribution is -2.34. The van der Waals surface area contributed by atoms with Crippen molar-refractivity contribution >= 4 is 8.03 Å². The first-order chi connectivity index (χ1) is 9.38. The number of halogens is 1. The normalized spacial score (nSPS) is 26.8. The molecule has 0 spiro atoms. The van der Waals surface area contributed by atoms with Crippen LogP contribution in [0.25, 0.3) is 0 Å². The Hall–Kier alpha value is -1.41. The average molecular weight is 307 g/mol. The molecule has 0 aliphatic carbocycles. The smallest absolute Gasteiger partial charge is 0.390 e. The predicted molar refractivity (Wildman–Crippen MR) is 65.3 cm³/mol. The molecule has 2 unspecified atom stereocenters. The topological polar surface area (TPSA) is 111 Å². The average Bonchev–Trinajstić information content (AvgIpc) is 2.72. The maximum atomic E-state index is 13.2. The zero-order valence-electron chi connectivity index (χ0n) is 10.5. The summed E-state index contributed by atoms with van der Waals surface area (Å²) < 4.78 is 35.1. The Labute approximate surface area is 113 Å². The monoisotopic (exact) mass is 307 g/mol. The van der Waals surface area contributed by atoms with Crippen molar-refractivity contribution in [2.75, 3.05) is 13.3 Å². The molecule has 0 saturated carbocycles. The minimum atomic E-state index is -1.84. The van der Waals surface area contributed by atoms with Gasteiger partial charge in [0.1, 0.15) is 18.9 Å². The number of hydrogen-bond acceptors (Lipinski definition) is 6. The molecule has 0 radical (unpaired) electrons. The van der Waals surface area contributed by atoms with Crippen LogP contribution in [0.15, 0.2) is 15.8 Å². The largest absolute Gasteiger partial charge is 0.504 e. The number of nitrogens with one attached hydrogen (secondary N) is 1. The highest BCUT2D eigenvalue weighted by atomic mass is 31.1. The molecule has 1 aliphatic rings. The Balaban J connectivity index is 2.16. The van der Waals surface area contributed by atoms with Gasteiger partial charge in [0.15, 0.2) is 6.66 Å². The van der Waals surface area contributed by atoms with Gasteiger partial charge in [-0.2, -0.15) is 4.39 Å². The van der Waals surface area contributed by atoms with E-state index in [1.165, 1.54) is 6.66 Å². The van der Waals surface area contributed by atoms with E-state index in [4.69, 9.17) is 9.26 Å².